The maximum Gasteiger partial charge on any atom is 0.340 e. The first-order valence-corrected chi connectivity index (χ1v) is 7.61. The third kappa shape index (κ3) is 4.09. The highest BCUT2D eigenvalue weighted by Crippen LogP contribution is 2.28. The van der Waals surface area contributed by atoms with E-state index in [1.54, 1.807) is 6.92 Å². The molecule has 1 fully saturated rings. The van der Waals surface area contributed by atoms with Gasteiger partial charge >= 0.3 is 5.97 Å². The largest absolute Gasteiger partial charge is 0.462 e. The van der Waals surface area contributed by atoms with Gasteiger partial charge in [0.15, 0.2) is 0 Å². The molecular formula is C16H23FN2O2. The Morgan fingerprint density at radius 2 is 2.14 bits per heavy atom. The first-order valence-electron chi connectivity index (χ1n) is 7.61. The van der Waals surface area contributed by atoms with Crippen molar-refractivity contribution in [2.75, 3.05) is 24.2 Å². The van der Waals surface area contributed by atoms with Crippen molar-refractivity contribution in [2.24, 2.45) is 5.92 Å². The SMILES string of the molecule is CCOC(=O)c1cc(NCCC2CCCC2)c(F)cc1N. The number of carbonyl (C=O) groups is 1. The minimum atomic E-state index is -0.520. The number of benzene rings is 1. The summed E-state index contributed by atoms with van der Waals surface area (Å²) in [6.07, 6.45) is 6.15. The Balaban J connectivity index is 2.00. The average molecular weight is 294 g/mol. The van der Waals surface area contributed by atoms with Crippen LogP contribution in [0.4, 0.5) is 15.8 Å². The Morgan fingerprint density at radius 1 is 1.43 bits per heavy atom. The molecule has 2 rings (SSSR count). The fourth-order valence-electron chi connectivity index (χ4n) is 2.82. The van der Waals surface area contributed by atoms with Gasteiger partial charge in [-0.2, -0.15) is 0 Å². The number of halogens is 1. The number of hydrogen-bond donors (Lipinski definition) is 2. The van der Waals surface area contributed by atoms with Gasteiger partial charge in [-0.3, -0.25) is 0 Å². The first-order chi connectivity index (χ1) is 10.1. The Morgan fingerprint density at radius 3 is 2.81 bits per heavy atom. The van der Waals surface area contributed by atoms with Crippen LogP contribution in [0.5, 0.6) is 0 Å². The highest BCUT2D eigenvalue weighted by atomic mass is 19.1. The lowest BCUT2D eigenvalue weighted by Gasteiger charge is -2.13. The second-order valence-corrected chi connectivity index (χ2v) is 5.51. The summed E-state index contributed by atoms with van der Waals surface area (Å²) in [4.78, 5) is 11.8. The van der Waals surface area contributed by atoms with Crippen molar-refractivity contribution in [2.45, 2.75) is 39.0 Å². The number of hydrogen-bond acceptors (Lipinski definition) is 4. The number of rotatable bonds is 6. The minimum absolute atomic E-state index is 0.104. The zero-order chi connectivity index (χ0) is 15.2. The van der Waals surface area contributed by atoms with Gasteiger partial charge in [0.25, 0.3) is 0 Å². The van der Waals surface area contributed by atoms with Gasteiger partial charge in [0.2, 0.25) is 0 Å². The van der Waals surface area contributed by atoms with Crippen LogP contribution in [0.25, 0.3) is 0 Å². The molecule has 0 unspecified atom stereocenters. The molecule has 1 aromatic rings. The molecule has 5 heteroatoms. The quantitative estimate of drug-likeness (QED) is 0.622. The molecule has 1 aromatic carbocycles. The van der Waals surface area contributed by atoms with Gasteiger partial charge in [0.05, 0.1) is 17.9 Å². The number of esters is 1. The van der Waals surface area contributed by atoms with E-state index in [2.05, 4.69) is 5.32 Å². The fraction of sp³-hybridized carbons (Fsp3) is 0.562. The smallest absolute Gasteiger partial charge is 0.340 e. The molecule has 0 aromatic heterocycles. The van der Waals surface area contributed by atoms with Crippen LogP contribution in [-0.2, 0) is 4.74 Å². The number of nitrogen functional groups attached to an aromatic ring is 1. The summed E-state index contributed by atoms with van der Waals surface area (Å²) in [5, 5.41) is 3.07. The molecule has 0 heterocycles. The molecule has 0 amide bonds. The second kappa shape index (κ2) is 7.29. The van der Waals surface area contributed by atoms with Crippen LogP contribution >= 0.6 is 0 Å². The molecule has 4 nitrogen and oxygen atoms in total. The van der Waals surface area contributed by atoms with Gasteiger partial charge in [-0.05, 0) is 31.4 Å². The van der Waals surface area contributed by atoms with Crippen molar-refractivity contribution in [1.29, 1.82) is 0 Å². The molecule has 0 atom stereocenters. The van der Waals surface area contributed by atoms with Crippen molar-refractivity contribution in [3.05, 3.63) is 23.5 Å². The molecule has 1 aliphatic rings. The molecule has 21 heavy (non-hydrogen) atoms. The van der Waals surface area contributed by atoms with Crippen molar-refractivity contribution in [1.82, 2.24) is 0 Å². The van der Waals surface area contributed by atoms with Gasteiger partial charge in [0.1, 0.15) is 5.82 Å². The topological polar surface area (TPSA) is 64.3 Å². The summed E-state index contributed by atoms with van der Waals surface area (Å²) in [6.45, 7) is 2.69. The Hall–Kier alpha value is -1.78. The van der Waals surface area contributed by atoms with Crippen LogP contribution < -0.4 is 11.1 Å². The van der Waals surface area contributed by atoms with Crippen molar-refractivity contribution >= 4 is 17.3 Å². The van der Waals surface area contributed by atoms with Gasteiger partial charge in [0, 0.05) is 12.2 Å². The lowest BCUT2D eigenvalue weighted by Crippen LogP contribution is -2.12. The molecule has 1 saturated carbocycles. The zero-order valence-electron chi connectivity index (χ0n) is 12.5. The van der Waals surface area contributed by atoms with Gasteiger partial charge in [-0.25, -0.2) is 9.18 Å². The summed E-state index contributed by atoms with van der Waals surface area (Å²) < 4.78 is 18.8. The standard InChI is InChI=1S/C16H23FN2O2/c1-2-21-16(20)12-9-15(13(17)10-14(12)18)19-8-7-11-5-3-4-6-11/h9-11,19H,2-8,18H2,1H3. The van der Waals surface area contributed by atoms with Gasteiger partial charge in [-0.15, -0.1) is 0 Å². The first kappa shape index (κ1) is 15.6. The zero-order valence-corrected chi connectivity index (χ0v) is 12.5. The molecule has 0 aliphatic heterocycles. The molecule has 3 N–H and O–H groups in total. The number of nitrogens with two attached hydrogens (primary N) is 1. The Labute approximate surface area is 124 Å². The lowest BCUT2D eigenvalue weighted by atomic mass is 10.0. The normalized spacial score (nSPS) is 15.1. The maximum absolute atomic E-state index is 13.9. The van der Waals surface area contributed by atoms with Crippen molar-refractivity contribution in [3.63, 3.8) is 0 Å². The van der Waals surface area contributed by atoms with Crippen LogP contribution in [0, 0.1) is 11.7 Å². The van der Waals surface area contributed by atoms with E-state index in [1.165, 1.54) is 37.8 Å². The summed E-state index contributed by atoms with van der Waals surface area (Å²) >= 11 is 0. The second-order valence-electron chi connectivity index (χ2n) is 5.51. The number of anilines is 2. The van der Waals surface area contributed by atoms with E-state index < -0.39 is 11.8 Å². The fourth-order valence-corrected chi connectivity index (χ4v) is 2.82. The van der Waals surface area contributed by atoms with E-state index in [1.807, 2.05) is 0 Å². The number of ether oxygens (including phenoxy) is 1. The van der Waals surface area contributed by atoms with E-state index in [4.69, 9.17) is 10.5 Å². The highest BCUT2D eigenvalue weighted by molar-refractivity contribution is 5.96. The van der Waals surface area contributed by atoms with Crippen LogP contribution in [0.15, 0.2) is 12.1 Å². The molecule has 0 saturated heterocycles. The van der Waals surface area contributed by atoms with Gasteiger partial charge < -0.3 is 15.8 Å². The third-order valence-electron chi connectivity index (χ3n) is 3.98. The molecule has 116 valence electrons. The predicted molar refractivity (Wildman–Crippen MR) is 81.8 cm³/mol. The molecule has 1 aliphatic carbocycles. The molecule has 0 bridgehead atoms. The van der Waals surface area contributed by atoms with Crippen LogP contribution in [0.2, 0.25) is 0 Å². The third-order valence-corrected chi connectivity index (χ3v) is 3.98. The monoisotopic (exact) mass is 294 g/mol. The predicted octanol–water partition coefficient (Wildman–Crippen LogP) is 3.58. The van der Waals surface area contributed by atoms with Crippen LogP contribution in [0.3, 0.4) is 0 Å². The number of carbonyl (C=O) groups excluding carboxylic acids is 1. The van der Waals surface area contributed by atoms with E-state index >= 15 is 0 Å². The Bertz CT molecular complexity index is 499. The van der Waals surface area contributed by atoms with Gasteiger partial charge in [-0.1, -0.05) is 25.7 Å². The van der Waals surface area contributed by atoms with E-state index in [9.17, 15) is 9.18 Å². The van der Waals surface area contributed by atoms with Crippen molar-refractivity contribution in [3.8, 4) is 0 Å². The van der Waals surface area contributed by atoms with Crippen LogP contribution in [-0.4, -0.2) is 19.1 Å². The van der Waals surface area contributed by atoms with Crippen molar-refractivity contribution < 1.29 is 13.9 Å². The van der Waals surface area contributed by atoms with Crippen LogP contribution in [0.1, 0.15) is 49.4 Å². The molecule has 0 radical (unpaired) electrons. The highest BCUT2D eigenvalue weighted by Gasteiger charge is 2.17. The molecular weight excluding hydrogens is 271 g/mol. The lowest BCUT2D eigenvalue weighted by molar-refractivity contribution is 0.0527. The number of nitrogens with one attached hydrogen (secondary N) is 1. The summed E-state index contributed by atoms with van der Waals surface area (Å²) in [5.41, 5.74) is 6.31. The summed E-state index contributed by atoms with van der Waals surface area (Å²) in [6, 6.07) is 2.61. The summed E-state index contributed by atoms with van der Waals surface area (Å²) in [5.74, 6) is -0.223. The summed E-state index contributed by atoms with van der Waals surface area (Å²) in [7, 11) is 0. The maximum atomic E-state index is 13.9. The van der Waals surface area contributed by atoms with E-state index in [0.29, 0.717) is 12.2 Å². The van der Waals surface area contributed by atoms with E-state index in [0.717, 1.165) is 12.3 Å². The van der Waals surface area contributed by atoms with E-state index in [-0.39, 0.29) is 17.9 Å². The molecule has 0 spiro atoms. The minimum Gasteiger partial charge on any atom is -0.462 e. The average Bonchev–Trinajstić information content (AvgIpc) is 2.94. The Kier molecular flexibility index (Phi) is 5.42.